The maximum Gasteiger partial charge on any atom is 0.254 e. The van der Waals surface area contributed by atoms with Gasteiger partial charge in [-0.25, -0.2) is 4.98 Å². The van der Waals surface area contributed by atoms with Crippen LogP contribution in [0, 0.1) is 4.77 Å². The van der Waals surface area contributed by atoms with Crippen molar-refractivity contribution < 1.29 is 4.79 Å². The summed E-state index contributed by atoms with van der Waals surface area (Å²) in [5.41, 5.74) is 3.15. The molecule has 1 saturated heterocycles. The van der Waals surface area contributed by atoms with Crippen molar-refractivity contribution in [2.75, 3.05) is 13.1 Å². The molecule has 3 aromatic heterocycles. The Hall–Kier alpha value is -3.39. The lowest BCUT2D eigenvalue weighted by Gasteiger charge is -2.32. The van der Waals surface area contributed by atoms with Crippen LogP contribution in [0.3, 0.4) is 0 Å². The summed E-state index contributed by atoms with van der Waals surface area (Å²) in [6.45, 7) is 4.24. The molecule has 4 aromatic rings. The summed E-state index contributed by atoms with van der Waals surface area (Å²) in [4.78, 5) is 24.5. The van der Waals surface area contributed by atoms with Crippen molar-refractivity contribution in [3.05, 3.63) is 71.0 Å². The van der Waals surface area contributed by atoms with E-state index in [9.17, 15) is 4.79 Å². The minimum atomic E-state index is 0.0431. The number of aromatic nitrogens is 5. The largest absolute Gasteiger partial charge is 0.339 e. The number of nitrogens with one attached hydrogen (secondary N) is 1. The van der Waals surface area contributed by atoms with E-state index in [4.69, 9.17) is 17.2 Å². The van der Waals surface area contributed by atoms with Crippen molar-refractivity contribution in [1.82, 2.24) is 29.6 Å². The molecule has 32 heavy (non-hydrogen) atoms. The average molecular weight is 445 g/mol. The predicted octanol–water partition coefficient (Wildman–Crippen LogP) is 4.59. The number of hydrogen-bond donors (Lipinski definition) is 1. The van der Waals surface area contributed by atoms with Gasteiger partial charge in [0.15, 0.2) is 4.77 Å². The Labute approximate surface area is 191 Å². The molecule has 0 unspecified atom stereocenters. The van der Waals surface area contributed by atoms with Crippen molar-refractivity contribution in [3.63, 3.8) is 0 Å². The van der Waals surface area contributed by atoms with E-state index < -0.39 is 0 Å². The lowest BCUT2D eigenvalue weighted by molar-refractivity contribution is 0.0712. The van der Waals surface area contributed by atoms with Crippen LogP contribution in [0.5, 0.6) is 0 Å². The maximum atomic E-state index is 13.6. The van der Waals surface area contributed by atoms with Crippen LogP contribution >= 0.6 is 12.2 Å². The molecule has 0 spiro atoms. The van der Waals surface area contributed by atoms with Gasteiger partial charge in [-0.2, -0.15) is 5.10 Å². The molecule has 0 radical (unpaired) electrons. The molecular formula is C24H24N6OS. The molecule has 5 rings (SSSR count). The number of para-hydroxylation sites is 1. The summed E-state index contributed by atoms with van der Waals surface area (Å²) in [6, 6.07) is 13.6. The van der Waals surface area contributed by atoms with Gasteiger partial charge in [0, 0.05) is 48.9 Å². The lowest BCUT2D eigenvalue weighted by Crippen LogP contribution is -2.38. The standard InChI is InChI=1S/C24H24N6OS/c1-2-30-22(27-28-24(30)32)16-9-12-29(13-10-16)23(31)19-14-21(17-6-5-11-25-15-17)26-20-8-4-3-7-18(19)20/h3-8,11,14-16H,2,9-10,12-13H2,1H3,(H,28,32). The minimum Gasteiger partial charge on any atom is -0.339 e. The number of likely N-dealkylation sites (tertiary alicyclic amines) is 1. The van der Waals surface area contributed by atoms with E-state index in [0.29, 0.717) is 29.3 Å². The SMILES string of the molecule is CCn1c(C2CCN(C(=O)c3cc(-c4cccnc4)nc4ccccc34)CC2)n[nH]c1=S. The van der Waals surface area contributed by atoms with Gasteiger partial charge in [0.1, 0.15) is 5.82 Å². The Morgan fingerprint density at radius 1 is 1.19 bits per heavy atom. The summed E-state index contributed by atoms with van der Waals surface area (Å²) in [6.07, 6.45) is 5.24. The number of nitrogens with zero attached hydrogens (tertiary/aromatic N) is 5. The molecule has 1 N–H and O–H groups in total. The first-order valence-corrected chi connectivity index (χ1v) is 11.3. The lowest BCUT2D eigenvalue weighted by atomic mass is 9.95. The number of rotatable bonds is 4. The molecule has 7 nitrogen and oxygen atoms in total. The van der Waals surface area contributed by atoms with Gasteiger partial charge in [0.05, 0.1) is 16.8 Å². The highest BCUT2D eigenvalue weighted by Gasteiger charge is 2.28. The number of amides is 1. The van der Waals surface area contributed by atoms with Crippen molar-refractivity contribution >= 4 is 29.0 Å². The molecule has 1 aliphatic rings. The number of pyridine rings is 2. The smallest absolute Gasteiger partial charge is 0.254 e. The highest BCUT2D eigenvalue weighted by Crippen LogP contribution is 2.30. The molecule has 1 aromatic carbocycles. The Bertz CT molecular complexity index is 1320. The van der Waals surface area contributed by atoms with E-state index in [1.54, 1.807) is 12.4 Å². The summed E-state index contributed by atoms with van der Waals surface area (Å²) in [5, 5.41) is 8.24. The second kappa shape index (κ2) is 8.63. The Morgan fingerprint density at radius 2 is 2.00 bits per heavy atom. The molecule has 1 fully saturated rings. The number of carbonyl (C=O) groups excluding carboxylic acids is 1. The molecule has 1 aliphatic heterocycles. The van der Waals surface area contributed by atoms with Crippen LogP contribution in [0.4, 0.5) is 0 Å². The number of H-pyrrole nitrogens is 1. The fourth-order valence-corrected chi connectivity index (χ4v) is 4.74. The topological polar surface area (TPSA) is 79.7 Å². The Morgan fingerprint density at radius 3 is 2.75 bits per heavy atom. The van der Waals surface area contributed by atoms with Crippen LogP contribution in [0.25, 0.3) is 22.2 Å². The molecule has 8 heteroatoms. The first-order chi connectivity index (χ1) is 15.7. The fourth-order valence-electron chi connectivity index (χ4n) is 4.47. The molecule has 0 aliphatic carbocycles. The molecule has 162 valence electrons. The van der Waals surface area contributed by atoms with Gasteiger partial charge in [-0.3, -0.25) is 14.9 Å². The number of hydrogen-bond acceptors (Lipinski definition) is 5. The number of benzene rings is 1. The second-order valence-electron chi connectivity index (χ2n) is 8.01. The van der Waals surface area contributed by atoms with Gasteiger partial charge in [-0.05, 0) is 56.2 Å². The van der Waals surface area contributed by atoms with E-state index in [1.165, 1.54) is 0 Å². The second-order valence-corrected chi connectivity index (χ2v) is 8.40. The number of aromatic amines is 1. The van der Waals surface area contributed by atoms with Crippen LogP contribution in [-0.2, 0) is 6.54 Å². The molecule has 0 atom stereocenters. The number of fused-ring (bicyclic) bond motifs is 1. The maximum absolute atomic E-state index is 13.6. The van der Waals surface area contributed by atoms with Gasteiger partial charge < -0.3 is 9.47 Å². The van der Waals surface area contributed by atoms with Gasteiger partial charge in [0.2, 0.25) is 0 Å². The molecular weight excluding hydrogens is 420 g/mol. The fraction of sp³-hybridized carbons (Fsp3) is 0.292. The quantitative estimate of drug-likeness (QED) is 0.466. The van der Waals surface area contributed by atoms with Crippen LogP contribution < -0.4 is 0 Å². The summed E-state index contributed by atoms with van der Waals surface area (Å²) in [5.74, 6) is 1.34. The van der Waals surface area contributed by atoms with Gasteiger partial charge in [-0.1, -0.05) is 18.2 Å². The van der Waals surface area contributed by atoms with Crippen molar-refractivity contribution in [3.8, 4) is 11.3 Å². The van der Waals surface area contributed by atoms with Crippen molar-refractivity contribution in [2.45, 2.75) is 32.2 Å². The van der Waals surface area contributed by atoms with Crippen LogP contribution in [0.15, 0.2) is 54.9 Å². The molecule has 0 bridgehead atoms. The van der Waals surface area contributed by atoms with E-state index in [0.717, 1.165) is 47.4 Å². The third kappa shape index (κ3) is 3.71. The van der Waals surface area contributed by atoms with E-state index in [1.807, 2.05) is 51.9 Å². The first-order valence-electron chi connectivity index (χ1n) is 10.9. The minimum absolute atomic E-state index is 0.0431. The first kappa shape index (κ1) is 20.5. The van der Waals surface area contributed by atoms with Gasteiger partial charge in [0.25, 0.3) is 5.91 Å². The molecule has 4 heterocycles. The average Bonchev–Trinajstić information content (AvgIpc) is 3.23. The van der Waals surface area contributed by atoms with Crippen molar-refractivity contribution in [2.24, 2.45) is 0 Å². The van der Waals surface area contributed by atoms with Crippen molar-refractivity contribution in [1.29, 1.82) is 0 Å². The predicted molar refractivity (Wildman–Crippen MR) is 126 cm³/mol. The van der Waals surface area contributed by atoms with Gasteiger partial charge >= 0.3 is 0 Å². The zero-order valence-electron chi connectivity index (χ0n) is 17.9. The zero-order valence-corrected chi connectivity index (χ0v) is 18.7. The number of piperidine rings is 1. The normalized spacial score (nSPS) is 14.7. The monoisotopic (exact) mass is 444 g/mol. The van der Waals surface area contributed by atoms with Crippen LogP contribution in [-0.4, -0.2) is 48.6 Å². The number of carbonyl (C=O) groups is 1. The summed E-state index contributed by atoms with van der Waals surface area (Å²) < 4.78 is 2.71. The third-order valence-electron chi connectivity index (χ3n) is 6.16. The third-order valence-corrected chi connectivity index (χ3v) is 6.47. The van der Waals surface area contributed by atoms with Crippen LogP contribution in [0.2, 0.25) is 0 Å². The van der Waals surface area contributed by atoms with E-state index in [2.05, 4.69) is 22.1 Å². The van der Waals surface area contributed by atoms with Crippen LogP contribution in [0.1, 0.15) is 41.9 Å². The highest BCUT2D eigenvalue weighted by atomic mass is 32.1. The Kier molecular flexibility index (Phi) is 5.53. The summed E-state index contributed by atoms with van der Waals surface area (Å²) in [7, 11) is 0. The van der Waals surface area contributed by atoms with E-state index >= 15 is 0 Å². The summed E-state index contributed by atoms with van der Waals surface area (Å²) >= 11 is 5.34. The Balaban J connectivity index is 1.43. The highest BCUT2D eigenvalue weighted by molar-refractivity contribution is 7.71. The molecule has 1 amide bonds. The molecule has 0 saturated carbocycles. The van der Waals surface area contributed by atoms with E-state index in [-0.39, 0.29) is 5.91 Å². The van der Waals surface area contributed by atoms with Gasteiger partial charge in [-0.15, -0.1) is 0 Å². The zero-order chi connectivity index (χ0) is 22.1.